The quantitative estimate of drug-likeness (QED) is 0.829. The molecule has 0 aromatic heterocycles. The molecule has 3 rings (SSSR count). The molecule has 1 aromatic carbocycles. The van der Waals surface area contributed by atoms with E-state index in [-0.39, 0.29) is 0 Å². The number of rotatable bonds is 5. The standard InChI is InChI=1S/C14H19NO2S/c1-15-12(10-2-3-10)9-18-11-4-5-13-14(8-11)17-7-6-16-13/h4-5,8,10,12,15H,2-3,6-7,9H2,1H3. The number of nitrogens with one attached hydrogen (secondary N) is 1. The Morgan fingerprint density at radius 3 is 2.78 bits per heavy atom. The number of thioether (sulfide) groups is 1. The van der Waals surface area contributed by atoms with Gasteiger partial charge < -0.3 is 14.8 Å². The van der Waals surface area contributed by atoms with Crippen molar-refractivity contribution in [1.82, 2.24) is 5.32 Å². The summed E-state index contributed by atoms with van der Waals surface area (Å²) in [5.74, 6) is 3.78. The van der Waals surface area contributed by atoms with Crippen LogP contribution in [0.2, 0.25) is 0 Å². The van der Waals surface area contributed by atoms with Crippen LogP contribution in [-0.4, -0.2) is 32.1 Å². The lowest BCUT2D eigenvalue weighted by Crippen LogP contribution is -2.29. The fourth-order valence-corrected chi connectivity index (χ4v) is 3.42. The van der Waals surface area contributed by atoms with Crippen molar-refractivity contribution in [2.45, 2.75) is 23.8 Å². The molecule has 1 unspecified atom stereocenters. The Bertz CT molecular complexity index is 420. The van der Waals surface area contributed by atoms with Crippen LogP contribution < -0.4 is 14.8 Å². The van der Waals surface area contributed by atoms with Gasteiger partial charge in [0, 0.05) is 16.7 Å². The molecule has 1 saturated carbocycles. The maximum atomic E-state index is 5.60. The van der Waals surface area contributed by atoms with E-state index >= 15 is 0 Å². The van der Waals surface area contributed by atoms with Gasteiger partial charge in [0.05, 0.1) is 0 Å². The summed E-state index contributed by atoms with van der Waals surface area (Å²) in [5.41, 5.74) is 0. The van der Waals surface area contributed by atoms with Crippen LogP contribution >= 0.6 is 11.8 Å². The Morgan fingerprint density at radius 2 is 2.06 bits per heavy atom. The summed E-state index contributed by atoms with van der Waals surface area (Å²) in [6.45, 7) is 1.31. The van der Waals surface area contributed by atoms with E-state index in [0.29, 0.717) is 19.3 Å². The fraction of sp³-hybridized carbons (Fsp3) is 0.571. The zero-order valence-corrected chi connectivity index (χ0v) is 11.5. The third kappa shape index (κ3) is 2.75. The highest BCUT2D eigenvalue weighted by molar-refractivity contribution is 7.99. The molecular formula is C14H19NO2S. The highest BCUT2D eigenvalue weighted by Crippen LogP contribution is 2.37. The van der Waals surface area contributed by atoms with Crippen molar-refractivity contribution in [3.05, 3.63) is 18.2 Å². The van der Waals surface area contributed by atoms with Gasteiger partial charge in [-0.2, -0.15) is 0 Å². The van der Waals surface area contributed by atoms with Crippen molar-refractivity contribution in [3.63, 3.8) is 0 Å². The average molecular weight is 265 g/mol. The molecule has 2 aliphatic rings. The smallest absolute Gasteiger partial charge is 0.162 e. The number of hydrogen-bond donors (Lipinski definition) is 1. The predicted molar refractivity (Wildman–Crippen MR) is 73.7 cm³/mol. The van der Waals surface area contributed by atoms with E-state index in [2.05, 4.69) is 24.5 Å². The third-order valence-corrected chi connectivity index (χ3v) is 4.62. The van der Waals surface area contributed by atoms with Crippen LogP contribution in [0.15, 0.2) is 23.1 Å². The fourth-order valence-electron chi connectivity index (χ4n) is 2.25. The van der Waals surface area contributed by atoms with Gasteiger partial charge in [-0.1, -0.05) is 0 Å². The maximum absolute atomic E-state index is 5.60. The van der Waals surface area contributed by atoms with E-state index in [0.717, 1.165) is 23.2 Å². The minimum absolute atomic E-state index is 0.642. The SMILES string of the molecule is CNC(CSc1ccc2c(c1)OCCO2)C1CC1. The molecule has 3 nitrogen and oxygen atoms in total. The van der Waals surface area contributed by atoms with Crippen molar-refractivity contribution in [1.29, 1.82) is 0 Å². The number of benzene rings is 1. The monoisotopic (exact) mass is 265 g/mol. The molecule has 98 valence electrons. The van der Waals surface area contributed by atoms with Gasteiger partial charge >= 0.3 is 0 Å². The van der Waals surface area contributed by atoms with Crippen molar-refractivity contribution in [2.24, 2.45) is 5.92 Å². The van der Waals surface area contributed by atoms with Crippen molar-refractivity contribution in [3.8, 4) is 11.5 Å². The van der Waals surface area contributed by atoms with Gasteiger partial charge in [-0.05, 0) is 44.0 Å². The van der Waals surface area contributed by atoms with Gasteiger partial charge in [0.2, 0.25) is 0 Å². The molecule has 0 radical (unpaired) electrons. The summed E-state index contributed by atoms with van der Waals surface area (Å²) in [7, 11) is 2.06. The second-order valence-electron chi connectivity index (χ2n) is 4.85. The first-order chi connectivity index (χ1) is 8.86. The molecule has 1 aliphatic carbocycles. The highest BCUT2D eigenvalue weighted by atomic mass is 32.2. The Morgan fingerprint density at radius 1 is 1.28 bits per heavy atom. The van der Waals surface area contributed by atoms with E-state index in [1.807, 2.05) is 17.8 Å². The molecule has 1 atom stereocenters. The lowest BCUT2D eigenvalue weighted by atomic mass is 10.2. The second kappa shape index (κ2) is 5.41. The summed E-state index contributed by atoms with van der Waals surface area (Å²) in [5, 5.41) is 3.42. The first-order valence-electron chi connectivity index (χ1n) is 6.56. The van der Waals surface area contributed by atoms with Gasteiger partial charge in [-0.15, -0.1) is 11.8 Å². The molecule has 18 heavy (non-hydrogen) atoms. The lowest BCUT2D eigenvalue weighted by molar-refractivity contribution is 0.171. The normalized spacial score (nSPS) is 19.6. The molecule has 0 spiro atoms. The summed E-state index contributed by atoms with van der Waals surface area (Å²) >= 11 is 1.90. The van der Waals surface area contributed by atoms with Crippen LogP contribution in [-0.2, 0) is 0 Å². The summed E-state index contributed by atoms with van der Waals surface area (Å²) in [4.78, 5) is 1.26. The largest absolute Gasteiger partial charge is 0.486 e. The molecule has 1 heterocycles. The molecule has 0 amide bonds. The topological polar surface area (TPSA) is 30.5 Å². The van der Waals surface area contributed by atoms with E-state index in [1.165, 1.54) is 17.7 Å². The van der Waals surface area contributed by atoms with Gasteiger partial charge in [-0.3, -0.25) is 0 Å². The molecule has 0 saturated heterocycles. The summed E-state index contributed by atoms with van der Waals surface area (Å²) in [6.07, 6.45) is 2.76. The van der Waals surface area contributed by atoms with Crippen LogP contribution in [0.5, 0.6) is 11.5 Å². The number of ether oxygens (including phenoxy) is 2. The Kier molecular flexibility index (Phi) is 3.66. The first kappa shape index (κ1) is 12.2. The molecule has 1 aromatic rings. The molecule has 1 aliphatic heterocycles. The third-order valence-electron chi connectivity index (χ3n) is 3.51. The van der Waals surface area contributed by atoms with Gasteiger partial charge in [0.15, 0.2) is 11.5 Å². The molecule has 1 fully saturated rings. The zero-order valence-electron chi connectivity index (χ0n) is 10.6. The average Bonchev–Trinajstić information content (AvgIpc) is 3.24. The highest BCUT2D eigenvalue weighted by Gasteiger charge is 2.29. The Balaban J connectivity index is 1.61. The first-order valence-corrected chi connectivity index (χ1v) is 7.55. The lowest BCUT2D eigenvalue weighted by Gasteiger charge is -2.19. The van der Waals surface area contributed by atoms with E-state index in [4.69, 9.17) is 9.47 Å². The zero-order chi connectivity index (χ0) is 12.4. The van der Waals surface area contributed by atoms with Gasteiger partial charge in [-0.25, -0.2) is 0 Å². The summed E-state index contributed by atoms with van der Waals surface area (Å²) in [6, 6.07) is 6.88. The van der Waals surface area contributed by atoms with Crippen molar-refractivity contribution >= 4 is 11.8 Å². The molecule has 0 bridgehead atoms. The van der Waals surface area contributed by atoms with Crippen LogP contribution in [0.1, 0.15) is 12.8 Å². The Labute approximate surface area is 112 Å². The molecule has 4 heteroatoms. The second-order valence-corrected chi connectivity index (χ2v) is 5.94. The van der Waals surface area contributed by atoms with Gasteiger partial charge in [0.1, 0.15) is 13.2 Å². The predicted octanol–water partition coefficient (Wildman–Crippen LogP) is 2.55. The number of fused-ring (bicyclic) bond motifs is 1. The summed E-state index contributed by atoms with van der Waals surface area (Å²) < 4.78 is 11.1. The molecular weight excluding hydrogens is 246 g/mol. The molecule has 1 N–H and O–H groups in total. The van der Waals surface area contributed by atoms with E-state index in [1.54, 1.807) is 0 Å². The minimum atomic E-state index is 0.642. The Hall–Kier alpha value is -0.870. The van der Waals surface area contributed by atoms with E-state index in [9.17, 15) is 0 Å². The van der Waals surface area contributed by atoms with Crippen LogP contribution in [0.4, 0.5) is 0 Å². The number of hydrogen-bond acceptors (Lipinski definition) is 4. The van der Waals surface area contributed by atoms with Crippen LogP contribution in [0.25, 0.3) is 0 Å². The van der Waals surface area contributed by atoms with E-state index < -0.39 is 0 Å². The van der Waals surface area contributed by atoms with Crippen LogP contribution in [0.3, 0.4) is 0 Å². The van der Waals surface area contributed by atoms with Crippen LogP contribution in [0, 0.1) is 5.92 Å². The van der Waals surface area contributed by atoms with Crippen molar-refractivity contribution in [2.75, 3.05) is 26.0 Å². The minimum Gasteiger partial charge on any atom is -0.486 e. The van der Waals surface area contributed by atoms with Crippen molar-refractivity contribution < 1.29 is 9.47 Å². The van der Waals surface area contributed by atoms with Gasteiger partial charge in [0.25, 0.3) is 0 Å². The maximum Gasteiger partial charge on any atom is 0.162 e.